The van der Waals surface area contributed by atoms with Crippen LogP contribution in [0.5, 0.6) is 0 Å². The van der Waals surface area contributed by atoms with Crippen molar-refractivity contribution >= 4 is 17.2 Å². The molecule has 0 saturated heterocycles. The van der Waals surface area contributed by atoms with E-state index in [9.17, 15) is 0 Å². The molecule has 0 unspecified atom stereocenters. The highest BCUT2D eigenvalue weighted by atomic mass is 16.5. The fourth-order valence-corrected chi connectivity index (χ4v) is 2.82. The van der Waals surface area contributed by atoms with E-state index in [2.05, 4.69) is 37.0 Å². The third-order valence-electron chi connectivity index (χ3n) is 4.29. The lowest BCUT2D eigenvalue weighted by Crippen LogP contribution is -2.13. The van der Waals surface area contributed by atoms with Crippen molar-refractivity contribution in [3.8, 4) is 11.3 Å². The zero-order valence-corrected chi connectivity index (χ0v) is 15.4. The molecule has 10 heteroatoms. The quantitative estimate of drug-likeness (QED) is 0.311. The maximum atomic E-state index is 5.59. The first kappa shape index (κ1) is 17.9. The minimum absolute atomic E-state index is 0.473. The molecule has 0 aliphatic rings. The number of aromatic nitrogens is 6. The number of nitrogens with zero attached hydrogens (tertiary/aromatic N) is 6. The van der Waals surface area contributed by atoms with Crippen LogP contribution in [0.3, 0.4) is 0 Å². The predicted octanol–water partition coefficient (Wildman–Crippen LogP) is 1.53. The van der Waals surface area contributed by atoms with Crippen LogP contribution in [0.1, 0.15) is 5.56 Å². The van der Waals surface area contributed by atoms with Gasteiger partial charge in [0.05, 0.1) is 36.8 Å². The molecule has 0 bridgehead atoms. The highest BCUT2D eigenvalue weighted by Crippen LogP contribution is 2.22. The summed E-state index contributed by atoms with van der Waals surface area (Å²) in [6.07, 6.45) is 9.02. The molecule has 144 valence electrons. The van der Waals surface area contributed by atoms with Crippen LogP contribution < -0.4 is 16.6 Å². The van der Waals surface area contributed by atoms with Gasteiger partial charge in [-0.05, 0) is 23.8 Å². The second-order valence-corrected chi connectivity index (χ2v) is 6.17. The Morgan fingerprint density at radius 3 is 2.96 bits per heavy atom. The standard InChI is InChI=1S/C18H21N9O/c1-28-7-6-26-12-14(10-23-26)16-11-21-18(25-19)17(24-16)20-9-13-3-5-27-15(8-13)2-4-22-27/h2-5,8,10-12H,6-7,9,19H2,1H3,(H,20,24)(H,21,25). The second kappa shape index (κ2) is 8.03. The lowest BCUT2D eigenvalue weighted by Gasteiger charge is -2.11. The summed E-state index contributed by atoms with van der Waals surface area (Å²) in [5.41, 5.74) is 6.28. The van der Waals surface area contributed by atoms with Gasteiger partial charge >= 0.3 is 0 Å². The van der Waals surface area contributed by atoms with Gasteiger partial charge in [0.25, 0.3) is 0 Å². The Labute approximate surface area is 161 Å². The zero-order chi connectivity index (χ0) is 19.3. The van der Waals surface area contributed by atoms with Crippen LogP contribution in [-0.2, 0) is 17.8 Å². The summed E-state index contributed by atoms with van der Waals surface area (Å²) in [4.78, 5) is 9.02. The van der Waals surface area contributed by atoms with Crippen molar-refractivity contribution in [2.24, 2.45) is 5.84 Å². The van der Waals surface area contributed by atoms with E-state index < -0.39 is 0 Å². The zero-order valence-electron chi connectivity index (χ0n) is 15.4. The van der Waals surface area contributed by atoms with Gasteiger partial charge in [-0.3, -0.25) is 4.68 Å². The number of fused-ring (bicyclic) bond motifs is 1. The molecule has 0 aliphatic heterocycles. The molecule has 0 radical (unpaired) electrons. The minimum atomic E-state index is 0.473. The lowest BCUT2D eigenvalue weighted by molar-refractivity contribution is 0.183. The molecule has 0 spiro atoms. The van der Waals surface area contributed by atoms with Crippen molar-refractivity contribution in [1.82, 2.24) is 29.4 Å². The SMILES string of the molecule is COCCn1cc(-c2cnc(NN)c(NCc3ccn4nccc4c3)n2)cn1. The Hall–Kier alpha value is -3.50. The van der Waals surface area contributed by atoms with E-state index in [1.54, 1.807) is 25.7 Å². The predicted molar refractivity (Wildman–Crippen MR) is 105 cm³/mol. The van der Waals surface area contributed by atoms with Crippen LogP contribution in [0, 0.1) is 0 Å². The third kappa shape index (κ3) is 3.77. The fraction of sp³-hybridized carbons (Fsp3) is 0.222. The van der Waals surface area contributed by atoms with Crippen molar-refractivity contribution in [1.29, 1.82) is 0 Å². The summed E-state index contributed by atoms with van der Waals surface area (Å²) >= 11 is 0. The average Bonchev–Trinajstić information content (AvgIpc) is 3.39. The minimum Gasteiger partial charge on any atom is -0.383 e. The number of hydrogen-bond acceptors (Lipinski definition) is 8. The van der Waals surface area contributed by atoms with E-state index in [1.807, 2.05) is 33.7 Å². The van der Waals surface area contributed by atoms with E-state index in [1.165, 1.54) is 0 Å². The van der Waals surface area contributed by atoms with Gasteiger partial charge in [-0.1, -0.05) is 0 Å². The number of anilines is 2. The summed E-state index contributed by atoms with van der Waals surface area (Å²) < 4.78 is 8.71. The molecule has 0 aliphatic carbocycles. The molecular formula is C18H21N9O. The van der Waals surface area contributed by atoms with E-state index in [-0.39, 0.29) is 0 Å². The van der Waals surface area contributed by atoms with E-state index in [0.29, 0.717) is 37.0 Å². The molecule has 10 nitrogen and oxygen atoms in total. The number of nitrogens with two attached hydrogens (primary N) is 1. The number of methoxy groups -OCH3 is 1. The fourth-order valence-electron chi connectivity index (χ4n) is 2.82. The highest BCUT2D eigenvalue weighted by molar-refractivity contribution is 5.65. The van der Waals surface area contributed by atoms with Gasteiger partial charge in [0.1, 0.15) is 0 Å². The molecule has 0 aromatic carbocycles. The molecule has 0 fully saturated rings. The molecule has 4 N–H and O–H groups in total. The number of hydrazine groups is 1. The summed E-state index contributed by atoms with van der Waals surface area (Å²) in [6, 6.07) is 6.02. The van der Waals surface area contributed by atoms with Crippen LogP contribution in [-0.4, -0.2) is 43.1 Å². The van der Waals surface area contributed by atoms with E-state index in [0.717, 1.165) is 16.6 Å². The average molecular weight is 379 g/mol. The first-order valence-corrected chi connectivity index (χ1v) is 8.78. The van der Waals surface area contributed by atoms with Crippen molar-refractivity contribution in [3.63, 3.8) is 0 Å². The number of ether oxygens (including phenoxy) is 1. The van der Waals surface area contributed by atoms with Gasteiger partial charge in [0.15, 0.2) is 11.6 Å². The molecular weight excluding hydrogens is 358 g/mol. The number of nitrogen functional groups attached to an aromatic ring is 1. The maximum Gasteiger partial charge on any atom is 0.183 e. The first-order chi connectivity index (χ1) is 13.8. The number of hydrogen-bond donors (Lipinski definition) is 3. The number of rotatable bonds is 8. The summed E-state index contributed by atoms with van der Waals surface area (Å²) in [7, 11) is 1.66. The molecule has 4 heterocycles. The van der Waals surface area contributed by atoms with Crippen molar-refractivity contribution in [2.75, 3.05) is 24.5 Å². The van der Waals surface area contributed by atoms with Crippen molar-refractivity contribution in [3.05, 3.63) is 54.7 Å². The Bertz CT molecular complexity index is 1070. The van der Waals surface area contributed by atoms with Crippen molar-refractivity contribution in [2.45, 2.75) is 13.1 Å². The molecule has 4 aromatic heterocycles. The first-order valence-electron chi connectivity index (χ1n) is 8.78. The van der Waals surface area contributed by atoms with E-state index >= 15 is 0 Å². The normalized spacial score (nSPS) is 11.1. The van der Waals surface area contributed by atoms with Crippen LogP contribution >= 0.6 is 0 Å². The Kier molecular flexibility index (Phi) is 5.13. The molecule has 4 rings (SSSR count). The molecule has 0 amide bonds. The van der Waals surface area contributed by atoms with Gasteiger partial charge in [-0.2, -0.15) is 10.2 Å². The Morgan fingerprint density at radius 1 is 1.18 bits per heavy atom. The highest BCUT2D eigenvalue weighted by Gasteiger charge is 2.10. The van der Waals surface area contributed by atoms with Gasteiger partial charge in [-0.15, -0.1) is 0 Å². The number of nitrogens with one attached hydrogen (secondary N) is 2. The Morgan fingerprint density at radius 2 is 2.11 bits per heavy atom. The third-order valence-corrected chi connectivity index (χ3v) is 4.29. The van der Waals surface area contributed by atoms with Crippen LogP contribution in [0.2, 0.25) is 0 Å². The van der Waals surface area contributed by atoms with Gasteiger partial charge in [-0.25, -0.2) is 20.3 Å². The number of pyridine rings is 1. The molecule has 4 aromatic rings. The van der Waals surface area contributed by atoms with Gasteiger partial charge < -0.3 is 15.5 Å². The van der Waals surface area contributed by atoms with Gasteiger partial charge in [0, 0.05) is 37.8 Å². The smallest absolute Gasteiger partial charge is 0.183 e. The largest absolute Gasteiger partial charge is 0.383 e. The van der Waals surface area contributed by atoms with Gasteiger partial charge in [0.2, 0.25) is 0 Å². The Balaban J connectivity index is 1.53. The molecule has 0 saturated carbocycles. The van der Waals surface area contributed by atoms with Crippen LogP contribution in [0.15, 0.2) is 49.2 Å². The monoisotopic (exact) mass is 379 g/mol. The molecule has 0 atom stereocenters. The van der Waals surface area contributed by atoms with Crippen LogP contribution in [0.4, 0.5) is 11.6 Å². The molecule has 28 heavy (non-hydrogen) atoms. The van der Waals surface area contributed by atoms with Crippen molar-refractivity contribution < 1.29 is 4.74 Å². The summed E-state index contributed by atoms with van der Waals surface area (Å²) in [6.45, 7) is 1.84. The summed E-state index contributed by atoms with van der Waals surface area (Å²) in [5.74, 6) is 6.63. The van der Waals surface area contributed by atoms with Crippen LogP contribution in [0.25, 0.3) is 16.8 Å². The topological polar surface area (TPSA) is 120 Å². The summed E-state index contributed by atoms with van der Waals surface area (Å²) in [5, 5.41) is 11.8. The maximum absolute atomic E-state index is 5.59. The lowest BCUT2D eigenvalue weighted by atomic mass is 10.2. The van der Waals surface area contributed by atoms with E-state index in [4.69, 9.17) is 10.6 Å². The second-order valence-electron chi connectivity index (χ2n) is 6.17.